The van der Waals surface area contributed by atoms with Crippen molar-refractivity contribution in [1.29, 1.82) is 0 Å². The topological polar surface area (TPSA) is 43.4 Å². The van der Waals surface area contributed by atoms with Gasteiger partial charge in [0.15, 0.2) is 11.5 Å². The Morgan fingerprint density at radius 1 is 1.12 bits per heavy atom. The molecule has 0 aliphatic heterocycles. The molecule has 1 aromatic heterocycles. The van der Waals surface area contributed by atoms with Gasteiger partial charge in [-0.3, -0.25) is 0 Å². The zero-order valence-corrected chi connectivity index (χ0v) is 16.5. The number of para-hydroxylation sites is 1. The Morgan fingerprint density at radius 3 is 2.58 bits per heavy atom. The number of hydrogen-bond acceptors (Lipinski definition) is 5. The molecular formula is C20H21ClN2O2S. The maximum atomic E-state index is 5.95. The molecule has 0 radical (unpaired) electrons. The number of aromatic nitrogens is 1. The summed E-state index contributed by atoms with van der Waals surface area (Å²) in [5.41, 5.74) is 3.13. The summed E-state index contributed by atoms with van der Waals surface area (Å²) in [7, 11) is 3.28. The van der Waals surface area contributed by atoms with E-state index in [0.29, 0.717) is 18.0 Å². The van der Waals surface area contributed by atoms with Gasteiger partial charge in [0.25, 0.3) is 0 Å². The third kappa shape index (κ3) is 4.18. The molecule has 0 saturated carbocycles. The minimum absolute atomic E-state index is 0.212. The lowest BCUT2D eigenvalue weighted by atomic mass is 10.1. The predicted molar refractivity (Wildman–Crippen MR) is 107 cm³/mol. The minimum Gasteiger partial charge on any atom is -0.493 e. The molecule has 0 aliphatic carbocycles. The summed E-state index contributed by atoms with van der Waals surface area (Å²) >= 11 is 7.55. The van der Waals surface area contributed by atoms with Crippen LogP contribution in [-0.2, 0) is 6.54 Å². The van der Waals surface area contributed by atoms with Crippen LogP contribution in [0.2, 0.25) is 5.02 Å². The quantitative estimate of drug-likeness (QED) is 0.594. The van der Waals surface area contributed by atoms with E-state index in [9.17, 15) is 0 Å². The Bertz CT molecular complexity index is 865. The SMILES string of the molecule is COc1cccc(-c2nc(CN[C@H](C)c3ccc(Cl)cc3)cs2)c1OC. The lowest BCUT2D eigenvalue weighted by molar-refractivity contribution is 0.356. The van der Waals surface area contributed by atoms with E-state index in [0.717, 1.165) is 21.3 Å². The van der Waals surface area contributed by atoms with Gasteiger partial charge < -0.3 is 14.8 Å². The van der Waals surface area contributed by atoms with E-state index < -0.39 is 0 Å². The van der Waals surface area contributed by atoms with Crippen molar-refractivity contribution in [1.82, 2.24) is 10.3 Å². The van der Waals surface area contributed by atoms with Gasteiger partial charge in [0.05, 0.1) is 25.5 Å². The molecule has 26 heavy (non-hydrogen) atoms. The first-order valence-corrected chi connectivity index (χ1v) is 9.52. The third-order valence-electron chi connectivity index (χ3n) is 4.14. The third-order valence-corrected chi connectivity index (χ3v) is 5.32. The van der Waals surface area contributed by atoms with E-state index >= 15 is 0 Å². The van der Waals surface area contributed by atoms with Crippen molar-refractivity contribution in [2.45, 2.75) is 19.5 Å². The second-order valence-corrected chi connectivity index (χ2v) is 7.13. The molecule has 4 nitrogen and oxygen atoms in total. The van der Waals surface area contributed by atoms with Crippen molar-refractivity contribution in [3.63, 3.8) is 0 Å². The van der Waals surface area contributed by atoms with Crippen LogP contribution in [-0.4, -0.2) is 19.2 Å². The zero-order valence-electron chi connectivity index (χ0n) is 15.0. The first-order valence-electron chi connectivity index (χ1n) is 8.27. The maximum absolute atomic E-state index is 5.95. The van der Waals surface area contributed by atoms with Crippen molar-refractivity contribution < 1.29 is 9.47 Å². The molecule has 0 saturated heterocycles. The fourth-order valence-corrected chi connectivity index (χ4v) is 3.66. The van der Waals surface area contributed by atoms with E-state index in [1.807, 2.05) is 42.5 Å². The van der Waals surface area contributed by atoms with E-state index in [1.165, 1.54) is 5.56 Å². The predicted octanol–water partition coefficient (Wildman–Crippen LogP) is 5.33. The van der Waals surface area contributed by atoms with Crippen molar-refractivity contribution in [3.05, 3.63) is 64.1 Å². The van der Waals surface area contributed by atoms with Crippen molar-refractivity contribution in [3.8, 4) is 22.1 Å². The highest BCUT2D eigenvalue weighted by atomic mass is 35.5. The fourth-order valence-electron chi connectivity index (χ4n) is 2.69. The van der Waals surface area contributed by atoms with Crippen LogP contribution >= 0.6 is 22.9 Å². The van der Waals surface area contributed by atoms with Crippen LogP contribution in [0.25, 0.3) is 10.6 Å². The first kappa shape index (κ1) is 18.7. The van der Waals surface area contributed by atoms with Gasteiger partial charge >= 0.3 is 0 Å². The van der Waals surface area contributed by atoms with Gasteiger partial charge in [0.1, 0.15) is 5.01 Å². The van der Waals surface area contributed by atoms with Crippen LogP contribution in [0.15, 0.2) is 47.8 Å². The van der Waals surface area contributed by atoms with Gasteiger partial charge in [-0.1, -0.05) is 29.8 Å². The number of hydrogen-bond donors (Lipinski definition) is 1. The van der Waals surface area contributed by atoms with Crippen molar-refractivity contribution in [2.75, 3.05) is 14.2 Å². The average Bonchev–Trinajstić information content (AvgIpc) is 3.14. The smallest absolute Gasteiger partial charge is 0.170 e. The molecule has 0 spiro atoms. The minimum atomic E-state index is 0.212. The normalized spacial score (nSPS) is 12.0. The fraction of sp³-hybridized carbons (Fsp3) is 0.250. The Hall–Kier alpha value is -2.08. The second kappa shape index (κ2) is 8.54. The Kier molecular flexibility index (Phi) is 6.14. The number of thiazole rings is 1. The van der Waals surface area contributed by atoms with Gasteiger partial charge in [0.2, 0.25) is 0 Å². The molecule has 1 N–H and O–H groups in total. The molecule has 0 amide bonds. The molecule has 0 bridgehead atoms. The van der Waals surface area contributed by atoms with E-state index in [2.05, 4.69) is 17.6 Å². The molecule has 136 valence electrons. The molecule has 2 aromatic carbocycles. The lowest BCUT2D eigenvalue weighted by Crippen LogP contribution is -2.18. The van der Waals surface area contributed by atoms with Gasteiger partial charge in [-0.25, -0.2) is 4.98 Å². The van der Waals surface area contributed by atoms with Crippen molar-refractivity contribution >= 4 is 22.9 Å². The molecule has 0 aliphatic rings. The van der Waals surface area contributed by atoms with Crippen LogP contribution < -0.4 is 14.8 Å². The van der Waals surface area contributed by atoms with Crippen LogP contribution in [0.3, 0.4) is 0 Å². The van der Waals surface area contributed by atoms with Crippen LogP contribution in [0, 0.1) is 0 Å². The van der Waals surface area contributed by atoms with Crippen LogP contribution in [0.1, 0.15) is 24.2 Å². The number of methoxy groups -OCH3 is 2. The lowest BCUT2D eigenvalue weighted by Gasteiger charge is -2.13. The summed E-state index contributed by atoms with van der Waals surface area (Å²) in [6.45, 7) is 2.81. The molecule has 0 unspecified atom stereocenters. The second-order valence-electron chi connectivity index (χ2n) is 5.84. The molecule has 1 atom stereocenters. The zero-order chi connectivity index (χ0) is 18.5. The number of ether oxygens (including phenoxy) is 2. The van der Waals surface area contributed by atoms with E-state index in [1.54, 1.807) is 25.6 Å². The molecule has 3 aromatic rings. The monoisotopic (exact) mass is 388 g/mol. The number of nitrogens with one attached hydrogen (secondary N) is 1. The highest BCUT2D eigenvalue weighted by Gasteiger charge is 2.15. The molecule has 0 fully saturated rings. The number of benzene rings is 2. The first-order chi connectivity index (χ1) is 12.6. The van der Waals surface area contributed by atoms with Crippen LogP contribution in [0.4, 0.5) is 0 Å². The summed E-state index contributed by atoms with van der Waals surface area (Å²) < 4.78 is 10.9. The highest BCUT2D eigenvalue weighted by molar-refractivity contribution is 7.13. The molecular weight excluding hydrogens is 368 g/mol. The standard InChI is InChI=1S/C20H21ClN2O2S/c1-13(14-7-9-15(21)10-8-14)22-11-16-12-26-20(23-16)17-5-4-6-18(24-2)19(17)25-3/h4-10,12-13,22H,11H2,1-3H3/t13-/m1/s1. The van der Waals surface area contributed by atoms with Gasteiger partial charge in [-0.2, -0.15) is 0 Å². The van der Waals surface area contributed by atoms with Gasteiger partial charge in [-0.05, 0) is 36.8 Å². The molecule has 1 heterocycles. The summed E-state index contributed by atoms with van der Waals surface area (Å²) in [6, 6.07) is 13.9. The summed E-state index contributed by atoms with van der Waals surface area (Å²) in [5, 5.41) is 7.22. The summed E-state index contributed by atoms with van der Waals surface area (Å²) in [5.74, 6) is 1.41. The largest absolute Gasteiger partial charge is 0.493 e. The summed E-state index contributed by atoms with van der Waals surface area (Å²) in [4.78, 5) is 4.74. The highest BCUT2D eigenvalue weighted by Crippen LogP contribution is 2.38. The molecule has 3 rings (SSSR count). The van der Waals surface area contributed by atoms with E-state index in [-0.39, 0.29) is 6.04 Å². The van der Waals surface area contributed by atoms with Gasteiger partial charge in [-0.15, -0.1) is 11.3 Å². The van der Waals surface area contributed by atoms with Gasteiger partial charge in [0, 0.05) is 23.0 Å². The Balaban J connectivity index is 1.71. The number of rotatable bonds is 7. The van der Waals surface area contributed by atoms with Crippen molar-refractivity contribution in [2.24, 2.45) is 0 Å². The molecule has 6 heteroatoms. The number of halogens is 1. The Labute approximate surface area is 162 Å². The summed E-state index contributed by atoms with van der Waals surface area (Å²) in [6.07, 6.45) is 0. The average molecular weight is 389 g/mol. The van der Waals surface area contributed by atoms with Crippen LogP contribution in [0.5, 0.6) is 11.5 Å². The maximum Gasteiger partial charge on any atom is 0.170 e. The number of nitrogens with zero attached hydrogens (tertiary/aromatic N) is 1. The Morgan fingerprint density at radius 2 is 1.88 bits per heavy atom. The van der Waals surface area contributed by atoms with E-state index in [4.69, 9.17) is 26.1 Å².